The molecule has 0 bridgehead atoms. The van der Waals surface area contributed by atoms with Gasteiger partial charge in [-0.3, -0.25) is 0 Å². The van der Waals surface area contributed by atoms with Gasteiger partial charge in [0.25, 0.3) is 0 Å². The molecule has 102 valence electrons. The van der Waals surface area contributed by atoms with Crippen molar-refractivity contribution in [3.8, 4) is 0 Å². The molecule has 0 aromatic rings. The summed E-state index contributed by atoms with van der Waals surface area (Å²) in [5, 5.41) is 3.42. The highest BCUT2D eigenvalue weighted by Crippen LogP contribution is 2.22. The summed E-state index contributed by atoms with van der Waals surface area (Å²) in [5.74, 6) is 0.595. The van der Waals surface area contributed by atoms with E-state index in [9.17, 15) is 0 Å². The molecule has 3 heteroatoms. The van der Waals surface area contributed by atoms with E-state index in [0.717, 1.165) is 13.1 Å². The topological polar surface area (TPSA) is 47.3 Å². The van der Waals surface area contributed by atoms with Gasteiger partial charge in [0, 0.05) is 19.1 Å². The molecule has 3 N–H and O–H groups in total. The van der Waals surface area contributed by atoms with E-state index in [4.69, 9.17) is 10.5 Å². The summed E-state index contributed by atoms with van der Waals surface area (Å²) in [6, 6.07) is 0.155. The van der Waals surface area contributed by atoms with E-state index in [1.807, 2.05) is 0 Å². The van der Waals surface area contributed by atoms with Crippen LogP contribution in [-0.2, 0) is 4.74 Å². The van der Waals surface area contributed by atoms with Gasteiger partial charge in [0.2, 0.25) is 0 Å². The normalized spacial score (nSPS) is 29.8. The molecule has 0 spiro atoms. The average molecular weight is 242 g/mol. The predicted molar refractivity (Wildman–Crippen MR) is 73.1 cm³/mol. The predicted octanol–water partition coefficient (Wildman–Crippen LogP) is 2.30. The van der Waals surface area contributed by atoms with Crippen molar-refractivity contribution >= 4 is 0 Å². The van der Waals surface area contributed by atoms with Gasteiger partial charge >= 0.3 is 0 Å². The van der Waals surface area contributed by atoms with Crippen LogP contribution in [0.5, 0.6) is 0 Å². The lowest BCUT2D eigenvalue weighted by Crippen LogP contribution is -2.56. The maximum atomic E-state index is 6.16. The van der Waals surface area contributed by atoms with Crippen LogP contribution in [0, 0.1) is 5.92 Å². The van der Waals surface area contributed by atoms with E-state index in [2.05, 4.69) is 26.1 Å². The Hall–Kier alpha value is -0.120. The largest absolute Gasteiger partial charge is 0.374 e. The molecule has 3 nitrogen and oxygen atoms in total. The molecule has 1 saturated heterocycles. The van der Waals surface area contributed by atoms with Crippen LogP contribution < -0.4 is 11.1 Å². The van der Waals surface area contributed by atoms with Crippen LogP contribution in [0.4, 0.5) is 0 Å². The second kappa shape index (κ2) is 8.06. The van der Waals surface area contributed by atoms with Gasteiger partial charge in [0.05, 0.1) is 12.2 Å². The fraction of sp³-hybridized carbons (Fsp3) is 1.00. The molecule has 0 radical (unpaired) electrons. The third kappa shape index (κ3) is 5.36. The summed E-state index contributed by atoms with van der Waals surface area (Å²) in [6.07, 6.45) is 7.08. The van der Waals surface area contributed by atoms with Crippen molar-refractivity contribution in [2.45, 2.75) is 71.1 Å². The Morgan fingerprint density at radius 3 is 2.65 bits per heavy atom. The first-order valence-electron chi connectivity index (χ1n) is 7.27. The van der Waals surface area contributed by atoms with Gasteiger partial charge in [0.1, 0.15) is 0 Å². The highest BCUT2D eigenvalue weighted by molar-refractivity contribution is 4.88. The fourth-order valence-electron chi connectivity index (χ4n) is 2.64. The van der Waals surface area contributed by atoms with E-state index >= 15 is 0 Å². The number of rotatable bonds is 7. The summed E-state index contributed by atoms with van der Waals surface area (Å²) in [5.41, 5.74) is 6.16. The van der Waals surface area contributed by atoms with Crippen molar-refractivity contribution < 1.29 is 4.74 Å². The zero-order chi connectivity index (χ0) is 12.7. The summed E-state index contributed by atoms with van der Waals surface area (Å²) in [7, 11) is 0. The molecule has 3 unspecified atom stereocenters. The maximum Gasteiger partial charge on any atom is 0.0782 e. The molecule has 0 amide bonds. The van der Waals surface area contributed by atoms with Gasteiger partial charge in [0.15, 0.2) is 0 Å². The Morgan fingerprint density at radius 1 is 1.24 bits per heavy atom. The van der Waals surface area contributed by atoms with Crippen LogP contribution in [0.3, 0.4) is 0 Å². The number of piperidine rings is 1. The number of unbranched alkanes of at least 4 members (excludes halogenated alkanes) is 3. The van der Waals surface area contributed by atoms with Gasteiger partial charge in [-0.05, 0) is 26.2 Å². The third-order valence-electron chi connectivity index (χ3n) is 3.53. The Kier molecular flexibility index (Phi) is 7.09. The van der Waals surface area contributed by atoms with Crippen molar-refractivity contribution in [1.29, 1.82) is 0 Å². The molecule has 0 aromatic heterocycles. The van der Waals surface area contributed by atoms with Crippen LogP contribution in [0.1, 0.15) is 52.9 Å². The zero-order valence-electron chi connectivity index (χ0n) is 11.7. The second-order valence-electron chi connectivity index (χ2n) is 5.58. The minimum absolute atomic E-state index is 0.155. The third-order valence-corrected chi connectivity index (χ3v) is 3.53. The molecular weight excluding hydrogens is 212 g/mol. The molecule has 1 fully saturated rings. The zero-order valence-corrected chi connectivity index (χ0v) is 11.7. The molecule has 0 aromatic carbocycles. The molecule has 0 saturated carbocycles. The van der Waals surface area contributed by atoms with Crippen LogP contribution in [0.2, 0.25) is 0 Å². The lowest BCUT2D eigenvalue weighted by Gasteiger charge is -2.38. The van der Waals surface area contributed by atoms with E-state index in [-0.39, 0.29) is 18.2 Å². The van der Waals surface area contributed by atoms with Crippen molar-refractivity contribution in [3.05, 3.63) is 0 Å². The summed E-state index contributed by atoms with van der Waals surface area (Å²) in [6.45, 7) is 8.41. The molecular formula is C14H30N2O. The summed E-state index contributed by atoms with van der Waals surface area (Å²) < 4.78 is 6.01. The van der Waals surface area contributed by atoms with Crippen molar-refractivity contribution in [2.24, 2.45) is 11.7 Å². The quantitative estimate of drug-likeness (QED) is 0.673. The highest BCUT2D eigenvalue weighted by Gasteiger charge is 2.31. The molecule has 1 rings (SSSR count). The first-order chi connectivity index (χ1) is 8.15. The molecule has 17 heavy (non-hydrogen) atoms. The summed E-state index contributed by atoms with van der Waals surface area (Å²) >= 11 is 0. The smallest absolute Gasteiger partial charge is 0.0782 e. The Morgan fingerprint density at radius 2 is 2.00 bits per heavy atom. The van der Waals surface area contributed by atoms with E-state index in [1.54, 1.807) is 0 Å². The highest BCUT2D eigenvalue weighted by atomic mass is 16.5. The van der Waals surface area contributed by atoms with Crippen molar-refractivity contribution in [1.82, 2.24) is 5.32 Å². The van der Waals surface area contributed by atoms with Crippen molar-refractivity contribution in [2.75, 3.05) is 13.1 Å². The molecule has 1 aliphatic rings. The Labute approximate surface area is 106 Å². The Bertz CT molecular complexity index is 197. The molecule has 1 aliphatic heterocycles. The summed E-state index contributed by atoms with van der Waals surface area (Å²) in [4.78, 5) is 0. The standard InChI is InChI=1S/C14H30N2O/c1-4-5-6-7-8-12-9-16-10-13(15)14(12)17-11(2)3/h11-14,16H,4-10,15H2,1-3H3. The molecule has 3 atom stereocenters. The minimum Gasteiger partial charge on any atom is -0.374 e. The first-order valence-corrected chi connectivity index (χ1v) is 7.27. The lowest BCUT2D eigenvalue weighted by atomic mass is 9.87. The maximum absolute atomic E-state index is 6.16. The Balaban J connectivity index is 2.36. The van der Waals surface area contributed by atoms with E-state index in [1.165, 1.54) is 32.1 Å². The number of hydrogen-bond acceptors (Lipinski definition) is 3. The van der Waals surface area contributed by atoms with Crippen LogP contribution >= 0.6 is 0 Å². The second-order valence-corrected chi connectivity index (χ2v) is 5.58. The molecule has 1 heterocycles. The van der Waals surface area contributed by atoms with Crippen LogP contribution in [0.25, 0.3) is 0 Å². The lowest BCUT2D eigenvalue weighted by molar-refractivity contribution is -0.0526. The van der Waals surface area contributed by atoms with E-state index < -0.39 is 0 Å². The average Bonchev–Trinajstić information content (AvgIpc) is 2.28. The number of nitrogens with two attached hydrogens (primary N) is 1. The van der Waals surface area contributed by atoms with Crippen molar-refractivity contribution in [3.63, 3.8) is 0 Å². The minimum atomic E-state index is 0.155. The first kappa shape index (κ1) is 14.9. The van der Waals surface area contributed by atoms with Crippen LogP contribution in [-0.4, -0.2) is 31.3 Å². The van der Waals surface area contributed by atoms with E-state index in [0.29, 0.717) is 5.92 Å². The van der Waals surface area contributed by atoms with Crippen LogP contribution in [0.15, 0.2) is 0 Å². The number of hydrogen-bond donors (Lipinski definition) is 2. The van der Waals surface area contributed by atoms with Gasteiger partial charge < -0.3 is 15.8 Å². The monoisotopic (exact) mass is 242 g/mol. The van der Waals surface area contributed by atoms with Gasteiger partial charge in [-0.15, -0.1) is 0 Å². The van der Waals surface area contributed by atoms with Gasteiger partial charge in [-0.1, -0.05) is 32.6 Å². The number of nitrogens with one attached hydrogen (secondary N) is 1. The van der Waals surface area contributed by atoms with Gasteiger partial charge in [-0.2, -0.15) is 0 Å². The van der Waals surface area contributed by atoms with Gasteiger partial charge in [-0.25, -0.2) is 0 Å². The fourth-order valence-corrected chi connectivity index (χ4v) is 2.64. The number of ether oxygens (including phenoxy) is 1. The molecule has 0 aliphatic carbocycles. The SMILES string of the molecule is CCCCCCC1CNCC(N)C1OC(C)C.